The number of unbranched alkanes of at least 4 members (excludes halogenated alkanes) is 1. The Morgan fingerprint density at radius 3 is 2.53 bits per heavy atom. The van der Waals surface area contributed by atoms with E-state index in [1.54, 1.807) is 0 Å². The lowest BCUT2D eigenvalue weighted by Gasteiger charge is -2.39. The third-order valence-electron chi connectivity index (χ3n) is 2.88. The molecule has 5 unspecified atom stereocenters. The van der Waals surface area contributed by atoms with Crippen LogP contribution in [0.5, 0.6) is 0 Å². The van der Waals surface area contributed by atoms with E-state index in [2.05, 4.69) is 5.32 Å². The van der Waals surface area contributed by atoms with Crippen LogP contribution in [0.1, 0.15) is 19.8 Å². The zero-order valence-corrected chi connectivity index (χ0v) is 10.7. The molecule has 8 heteroatoms. The minimum absolute atomic E-state index is 0.236. The fourth-order valence-corrected chi connectivity index (χ4v) is 1.69. The van der Waals surface area contributed by atoms with Crippen LogP contribution in [0.4, 0.5) is 4.79 Å². The fraction of sp³-hybridized carbons (Fsp3) is 0.909. The Morgan fingerprint density at radius 2 is 1.95 bits per heavy atom. The Bertz CT molecular complexity index is 286. The van der Waals surface area contributed by atoms with Crippen LogP contribution in [0.3, 0.4) is 0 Å². The highest BCUT2D eigenvalue weighted by Gasteiger charge is 2.44. The molecule has 112 valence electrons. The van der Waals surface area contributed by atoms with Gasteiger partial charge in [-0.1, -0.05) is 13.3 Å². The van der Waals surface area contributed by atoms with Gasteiger partial charge in [0.2, 0.25) is 0 Å². The van der Waals surface area contributed by atoms with E-state index in [-0.39, 0.29) is 6.61 Å². The smallest absolute Gasteiger partial charge is 0.409 e. The summed E-state index contributed by atoms with van der Waals surface area (Å²) in [5.41, 5.74) is 0. The van der Waals surface area contributed by atoms with Crippen LogP contribution in [0.15, 0.2) is 0 Å². The lowest BCUT2D eigenvalue weighted by Crippen LogP contribution is -2.63. The molecule has 0 aromatic rings. The molecule has 19 heavy (non-hydrogen) atoms. The number of hydrogen-bond acceptors (Lipinski definition) is 7. The van der Waals surface area contributed by atoms with Crippen LogP contribution in [-0.2, 0) is 9.47 Å². The second-order valence-electron chi connectivity index (χ2n) is 4.38. The molecule has 1 saturated heterocycles. The molecule has 1 fully saturated rings. The van der Waals surface area contributed by atoms with Crippen molar-refractivity contribution in [2.45, 2.75) is 50.4 Å². The van der Waals surface area contributed by atoms with E-state index in [0.29, 0.717) is 6.42 Å². The topological polar surface area (TPSA) is 128 Å². The van der Waals surface area contributed by atoms with E-state index in [9.17, 15) is 20.1 Å². The van der Waals surface area contributed by atoms with Crippen LogP contribution < -0.4 is 5.32 Å². The largest absolute Gasteiger partial charge is 0.450 e. The van der Waals surface area contributed by atoms with Gasteiger partial charge in [-0.25, -0.2) is 4.79 Å². The molecule has 0 aromatic carbocycles. The van der Waals surface area contributed by atoms with Crippen molar-refractivity contribution < 1.29 is 34.7 Å². The lowest BCUT2D eigenvalue weighted by molar-refractivity contribution is -0.234. The summed E-state index contributed by atoms with van der Waals surface area (Å²) in [5.74, 6) is 0. The Labute approximate surface area is 110 Å². The van der Waals surface area contributed by atoms with Crippen LogP contribution in [0, 0.1) is 0 Å². The van der Waals surface area contributed by atoms with Gasteiger partial charge in [-0.2, -0.15) is 0 Å². The van der Waals surface area contributed by atoms with Gasteiger partial charge in [0.1, 0.15) is 24.4 Å². The molecular weight excluding hydrogens is 258 g/mol. The van der Waals surface area contributed by atoms with E-state index in [1.807, 2.05) is 6.92 Å². The van der Waals surface area contributed by atoms with Crippen LogP contribution >= 0.6 is 0 Å². The number of amides is 1. The molecule has 1 amide bonds. The second kappa shape index (κ2) is 7.61. The summed E-state index contributed by atoms with van der Waals surface area (Å²) in [4.78, 5) is 11.4. The number of nitrogens with one attached hydrogen (secondary N) is 1. The van der Waals surface area contributed by atoms with E-state index in [1.165, 1.54) is 0 Å². The van der Waals surface area contributed by atoms with Crippen molar-refractivity contribution in [2.75, 3.05) is 13.2 Å². The zero-order chi connectivity index (χ0) is 14.4. The Morgan fingerprint density at radius 1 is 1.26 bits per heavy atom. The van der Waals surface area contributed by atoms with E-state index in [0.717, 1.165) is 6.42 Å². The number of ether oxygens (including phenoxy) is 2. The average molecular weight is 279 g/mol. The molecule has 0 aliphatic carbocycles. The Kier molecular flexibility index (Phi) is 6.46. The van der Waals surface area contributed by atoms with Crippen molar-refractivity contribution in [1.82, 2.24) is 5.32 Å². The maximum absolute atomic E-state index is 11.4. The summed E-state index contributed by atoms with van der Waals surface area (Å²) in [7, 11) is 0. The monoisotopic (exact) mass is 279 g/mol. The van der Waals surface area contributed by atoms with Crippen LogP contribution in [0.2, 0.25) is 0 Å². The van der Waals surface area contributed by atoms with E-state index >= 15 is 0 Å². The summed E-state index contributed by atoms with van der Waals surface area (Å²) in [6, 6.07) is 0. The Hall–Kier alpha value is -0.930. The average Bonchev–Trinajstić information content (AvgIpc) is 2.39. The summed E-state index contributed by atoms with van der Waals surface area (Å²) in [5, 5.41) is 39.9. The molecule has 5 atom stereocenters. The minimum Gasteiger partial charge on any atom is -0.450 e. The molecule has 0 radical (unpaired) electrons. The van der Waals surface area contributed by atoms with Crippen molar-refractivity contribution in [3.8, 4) is 0 Å². The first kappa shape index (κ1) is 16.1. The normalized spacial score (nSPS) is 34.9. The molecule has 1 rings (SSSR count). The number of aliphatic hydroxyl groups is 4. The van der Waals surface area contributed by atoms with Crippen molar-refractivity contribution in [1.29, 1.82) is 0 Å². The van der Waals surface area contributed by atoms with Gasteiger partial charge in [0.15, 0.2) is 6.23 Å². The first-order chi connectivity index (χ1) is 9.01. The number of rotatable bonds is 5. The van der Waals surface area contributed by atoms with Gasteiger partial charge >= 0.3 is 6.09 Å². The van der Waals surface area contributed by atoms with Gasteiger partial charge in [0.05, 0.1) is 13.2 Å². The van der Waals surface area contributed by atoms with Gasteiger partial charge in [-0.15, -0.1) is 0 Å². The van der Waals surface area contributed by atoms with Crippen LogP contribution in [0.25, 0.3) is 0 Å². The first-order valence-corrected chi connectivity index (χ1v) is 6.25. The third-order valence-corrected chi connectivity index (χ3v) is 2.88. The molecule has 0 saturated carbocycles. The molecule has 1 aliphatic rings. The number of aliphatic hydroxyl groups excluding tert-OH is 4. The van der Waals surface area contributed by atoms with Crippen molar-refractivity contribution >= 4 is 6.09 Å². The van der Waals surface area contributed by atoms with Gasteiger partial charge in [-0.05, 0) is 6.42 Å². The second-order valence-corrected chi connectivity index (χ2v) is 4.38. The molecule has 1 heterocycles. The SMILES string of the molecule is CCCCOC(=O)NC1OC(CO)C(O)C(O)C1O. The molecular formula is C11H21NO7. The molecule has 0 bridgehead atoms. The van der Waals surface area contributed by atoms with Gasteiger partial charge in [0, 0.05) is 0 Å². The van der Waals surface area contributed by atoms with Crippen molar-refractivity contribution in [2.24, 2.45) is 0 Å². The van der Waals surface area contributed by atoms with Gasteiger partial charge < -0.3 is 29.9 Å². The predicted molar refractivity (Wildman–Crippen MR) is 63.2 cm³/mol. The molecule has 5 N–H and O–H groups in total. The third kappa shape index (κ3) is 4.29. The summed E-state index contributed by atoms with van der Waals surface area (Å²) in [6.07, 6.45) is -5.99. The maximum atomic E-state index is 11.4. The molecule has 0 spiro atoms. The number of alkyl carbamates (subject to hydrolysis) is 1. The first-order valence-electron chi connectivity index (χ1n) is 6.25. The summed E-state index contributed by atoms with van der Waals surface area (Å²) >= 11 is 0. The standard InChI is InChI=1S/C11H21NO7/c1-2-3-4-18-11(17)12-10-9(16)8(15)7(14)6(5-13)19-10/h6-10,13-16H,2-5H2,1H3,(H,12,17). The quantitative estimate of drug-likeness (QED) is 0.380. The molecule has 8 nitrogen and oxygen atoms in total. The summed E-state index contributed by atoms with van der Waals surface area (Å²) < 4.78 is 9.90. The number of hydrogen-bond donors (Lipinski definition) is 5. The summed E-state index contributed by atoms with van der Waals surface area (Å²) in [6.45, 7) is 1.63. The molecule has 1 aliphatic heterocycles. The highest BCUT2D eigenvalue weighted by Crippen LogP contribution is 2.19. The molecule has 0 aromatic heterocycles. The fourth-order valence-electron chi connectivity index (χ4n) is 1.69. The Balaban J connectivity index is 2.49. The highest BCUT2D eigenvalue weighted by molar-refractivity contribution is 5.67. The number of carbonyl (C=O) groups is 1. The predicted octanol–water partition coefficient (Wildman–Crippen LogP) is -1.69. The maximum Gasteiger partial charge on any atom is 0.409 e. The minimum atomic E-state index is -1.52. The zero-order valence-electron chi connectivity index (χ0n) is 10.7. The van der Waals surface area contributed by atoms with E-state index in [4.69, 9.17) is 14.6 Å². The van der Waals surface area contributed by atoms with Gasteiger partial charge in [0.25, 0.3) is 0 Å². The van der Waals surface area contributed by atoms with Gasteiger partial charge in [-0.3, -0.25) is 5.32 Å². The van der Waals surface area contributed by atoms with E-state index < -0.39 is 43.3 Å². The lowest BCUT2D eigenvalue weighted by atomic mass is 9.98. The van der Waals surface area contributed by atoms with Crippen LogP contribution in [-0.4, -0.2) is 70.4 Å². The van der Waals surface area contributed by atoms with Crippen molar-refractivity contribution in [3.05, 3.63) is 0 Å². The van der Waals surface area contributed by atoms with Crippen molar-refractivity contribution in [3.63, 3.8) is 0 Å². The highest BCUT2D eigenvalue weighted by atomic mass is 16.6. The number of carbonyl (C=O) groups excluding carboxylic acids is 1.